The number of hydrogen-bond donors (Lipinski definition) is 0. The van der Waals surface area contributed by atoms with Crippen LogP contribution >= 0.6 is 0 Å². The van der Waals surface area contributed by atoms with Crippen molar-refractivity contribution in [3.8, 4) is 0 Å². The molecule has 0 spiro atoms. The Morgan fingerprint density at radius 2 is 2.06 bits per heavy atom. The molecular weight excluding hydrogens is 229 g/mol. The SMILES string of the molecule is CCC(C)CN(CC)C(=O)c1cccc(C)c1F. The molecule has 2 nitrogen and oxygen atoms in total. The third-order valence-electron chi connectivity index (χ3n) is 3.32. The third-order valence-corrected chi connectivity index (χ3v) is 3.32. The van der Waals surface area contributed by atoms with Gasteiger partial charge < -0.3 is 4.90 Å². The van der Waals surface area contributed by atoms with E-state index in [0.29, 0.717) is 24.6 Å². The second-order valence-corrected chi connectivity index (χ2v) is 4.79. The van der Waals surface area contributed by atoms with Crippen LogP contribution in [0.3, 0.4) is 0 Å². The fourth-order valence-electron chi connectivity index (χ4n) is 1.84. The summed E-state index contributed by atoms with van der Waals surface area (Å²) in [7, 11) is 0. The molecule has 18 heavy (non-hydrogen) atoms. The van der Waals surface area contributed by atoms with Gasteiger partial charge in [0.25, 0.3) is 5.91 Å². The highest BCUT2D eigenvalue weighted by Crippen LogP contribution is 2.15. The topological polar surface area (TPSA) is 20.3 Å². The number of rotatable bonds is 5. The van der Waals surface area contributed by atoms with Gasteiger partial charge in [-0.2, -0.15) is 0 Å². The monoisotopic (exact) mass is 251 g/mol. The largest absolute Gasteiger partial charge is 0.339 e. The summed E-state index contributed by atoms with van der Waals surface area (Å²) in [6.45, 7) is 9.08. The highest BCUT2D eigenvalue weighted by Gasteiger charge is 2.19. The van der Waals surface area contributed by atoms with Gasteiger partial charge in [0.15, 0.2) is 0 Å². The van der Waals surface area contributed by atoms with Gasteiger partial charge in [-0.05, 0) is 31.4 Å². The summed E-state index contributed by atoms with van der Waals surface area (Å²) in [4.78, 5) is 14.0. The number of nitrogens with zero attached hydrogens (tertiary/aromatic N) is 1. The Balaban J connectivity index is 2.93. The van der Waals surface area contributed by atoms with Crippen molar-refractivity contribution in [2.24, 2.45) is 5.92 Å². The van der Waals surface area contributed by atoms with Gasteiger partial charge in [0.1, 0.15) is 5.82 Å². The van der Waals surface area contributed by atoms with Crippen molar-refractivity contribution in [2.75, 3.05) is 13.1 Å². The summed E-state index contributed by atoms with van der Waals surface area (Å²) in [5, 5.41) is 0. The molecule has 0 saturated heterocycles. The van der Waals surface area contributed by atoms with Gasteiger partial charge in [-0.15, -0.1) is 0 Å². The number of carbonyl (C=O) groups is 1. The minimum absolute atomic E-state index is 0.181. The van der Waals surface area contributed by atoms with Gasteiger partial charge in [-0.3, -0.25) is 4.79 Å². The van der Waals surface area contributed by atoms with Crippen LogP contribution in [0.25, 0.3) is 0 Å². The summed E-state index contributed by atoms with van der Waals surface area (Å²) in [5.41, 5.74) is 0.695. The summed E-state index contributed by atoms with van der Waals surface area (Å²) in [5.74, 6) is -0.175. The molecule has 3 heteroatoms. The zero-order chi connectivity index (χ0) is 13.7. The van der Waals surface area contributed by atoms with Crippen LogP contribution in [0.2, 0.25) is 0 Å². The fourth-order valence-corrected chi connectivity index (χ4v) is 1.84. The van der Waals surface area contributed by atoms with E-state index in [1.807, 2.05) is 6.92 Å². The normalized spacial score (nSPS) is 12.3. The molecule has 100 valence electrons. The highest BCUT2D eigenvalue weighted by molar-refractivity contribution is 5.94. The Labute approximate surface area is 109 Å². The second-order valence-electron chi connectivity index (χ2n) is 4.79. The molecule has 0 N–H and O–H groups in total. The number of hydrogen-bond acceptors (Lipinski definition) is 1. The summed E-state index contributed by atoms with van der Waals surface area (Å²) in [6.07, 6.45) is 1.01. The molecule has 0 aliphatic heterocycles. The van der Waals surface area contributed by atoms with E-state index in [4.69, 9.17) is 0 Å². The number of carbonyl (C=O) groups excluding carboxylic acids is 1. The molecule has 1 atom stereocenters. The van der Waals surface area contributed by atoms with Crippen molar-refractivity contribution in [1.82, 2.24) is 4.90 Å². The molecule has 0 aromatic heterocycles. The lowest BCUT2D eigenvalue weighted by Gasteiger charge is -2.24. The average molecular weight is 251 g/mol. The van der Waals surface area contributed by atoms with Gasteiger partial charge in [0.05, 0.1) is 5.56 Å². The van der Waals surface area contributed by atoms with Crippen LogP contribution in [-0.2, 0) is 0 Å². The van der Waals surface area contributed by atoms with E-state index in [-0.39, 0.29) is 11.5 Å². The lowest BCUT2D eigenvalue weighted by Crippen LogP contribution is -2.35. The van der Waals surface area contributed by atoms with E-state index < -0.39 is 5.82 Å². The van der Waals surface area contributed by atoms with Crippen LogP contribution in [0.15, 0.2) is 18.2 Å². The van der Waals surface area contributed by atoms with Gasteiger partial charge >= 0.3 is 0 Å². The number of aryl methyl sites for hydroxylation is 1. The van der Waals surface area contributed by atoms with Crippen LogP contribution in [-0.4, -0.2) is 23.9 Å². The molecule has 0 bridgehead atoms. The minimum Gasteiger partial charge on any atom is -0.339 e. The molecule has 0 radical (unpaired) electrons. The number of amides is 1. The molecule has 1 aromatic carbocycles. The van der Waals surface area contributed by atoms with E-state index in [1.54, 1.807) is 30.0 Å². The first-order chi connectivity index (χ1) is 8.51. The Morgan fingerprint density at radius 1 is 1.39 bits per heavy atom. The quantitative estimate of drug-likeness (QED) is 0.782. The third kappa shape index (κ3) is 3.31. The van der Waals surface area contributed by atoms with Gasteiger partial charge in [0, 0.05) is 13.1 Å². The van der Waals surface area contributed by atoms with E-state index in [1.165, 1.54) is 0 Å². The average Bonchev–Trinajstić information content (AvgIpc) is 2.38. The second kappa shape index (κ2) is 6.53. The zero-order valence-electron chi connectivity index (χ0n) is 11.7. The first-order valence-electron chi connectivity index (χ1n) is 6.55. The summed E-state index contributed by atoms with van der Waals surface area (Å²) >= 11 is 0. The number of halogens is 1. The predicted molar refractivity (Wildman–Crippen MR) is 72.2 cm³/mol. The van der Waals surface area contributed by atoms with Crippen LogP contribution in [0.1, 0.15) is 43.1 Å². The van der Waals surface area contributed by atoms with E-state index in [2.05, 4.69) is 13.8 Å². The van der Waals surface area contributed by atoms with E-state index in [0.717, 1.165) is 6.42 Å². The maximum atomic E-state index is 13.9. The Kier molecular flexibility index (Phi) is 5.32. The van der Waals surface area contributed by atoms with Gasteiger partial charge in [-0.1, -0.05) is 32.4 Å². The molecular formula is C15H22FNO. The molecule has 1 amide bonds. The maximum Gasteiger partial charge on any atom is 0.256 e. The van der Waals surface area contributed by atoms with Crippen molar-refractivity contribution in [3.05, 3.63) is 35.1 Å². The van der Waals surface area contributed by atoms with Crippen molar-refractivity contribution in [2.45, 2.75) is 34.1 Å². The Hall–Kier alpha value is -1.38. The zero-order valence-corrected chi connectivity index (χ0v) is 11.7. The molecule has 0 fully saturated rings. The summed E-state index contributed by atoms with van der Waals surface area (Å²) < 4.78 is 13.9. The van der Waals surface area contributed by atoms with Crippen molar-refractivity contribution >= 4 is 5.91 Å². The maximum absolute atomic E-state index is 13.9. The van der Waals surface area contributed by atoms with Gasteiger partial charge in [-0.25, -0.2) is 4.39 Å². The molecule has 0 heterocycles. The van der Waals surface area contributed by atoms with Crippen LogP contribution in [0, 0.1) is 18.7 Å². The van der Waals surface area contributed by atoms with Crippen LogP contribution in [0.5, 0.6) is 0 Å². The minimum atomic E-state index is -0.398. The van der Waals surface area contributed by atoms with Crippen LogP contribution in [0.4, 0.5) is 4.39 Å². The first kappa shape index (κ1) is 14.7. The molecule has 1 unspecified atom stereocenters. The van der Waals surface area contributed by atoms with Crippen LogP contribution < -0.4 is 0 Å². The Bertz CT molecular complexity index is 417. The molecule has 0 aliphatic rings. The lowest BCUT2D eigenvalue weighted by molar-refractivity contribution is 0.0736. The lowest BCUT2D eigenvalue weighted by atomic mass is 10.1. The van der Waals surface area contributed by atoms with Crippen molar-refractivity contribution in [3.63, 3.8) is 0 Å². The molecule has 1 rings (SSSR count). The first-order valence-corrected chi connectivity index (χ1v) is 6.55. The highest BCUT2D eigenvalue weighted by atomic mass is 19.1. The molecule has 0 aliphatic carbocycles. The summed E-state index contributed by atoms with van der Waals surface area (Å²) in [6, 6.07) is 4.96. The number of benzene rings is 1. The van der Waals surface area contributed by atoms with Crippen molar-refractivity contribution < 1.29 is 9.18 Å². The fraction of sp³-hybridized carbons (Fsp3) is 0.533. The van der Waals surface area contributed by atoms with E-state index in [9.17, 15) is 9.18 Å². The van der Waals surface area contributed by atoms with Gasteiger partial charge in [0.2, 0.25) is 0 Å². The Morgan fingerprint density at radius 3 is 2.61 bits per heavy atom. The smallest absolute Gasteiger partial charge is 0.256 e. The standard InChI is InChI=1S/C15H22FNO/c1-5-11(3)10-17(6-2)15(18)13-9-7-8-12(4)14(13)16/h7-9,11H,5-6,10H2,1-4H3. The van der Waals surface area contributed by atoms with E-state index >= 15 is 0 Å². The predicted octanol–water partition coefficient (Wildman–Crippen LogP) is 3.64. The molecule has 1 aromatic rings. The molecule has 0 saturated carbocycles. The van der Waals surface area contributed by atoms with Crippen molar-refractivity contribution in [1.29, 1.82) is 0 Å².